The molecule has 0 bridgehead atoms. The Kier molecular flexibility index (Phi) is 5.68. The summed E-state index contributed by atoms with van der Waals surface area (Å²) in [6.45, 7) is 7.72. The minimum atomic E-state index is -0.712. The Bertz CT molecular complexity index is 1000. The molecule has 2 aromatic carbocycles. The maximum Gasteiger partial charge on any atom is 0.309 e. The topological polar surface area (TPSA) is 79.5 Å². The summed E-state index contributed by atoms with van der Waals surface area (Å²) >= 11 is 0. The molecule has 6 heteroatoms. The van der Waals surface area contributed by atoms with Crippen LogP contribution < -0.4 is 0 Å². The van der Waals surface area contributed by atoms with E-state index in [1.165, 1.54) is 5.56 Å². The quantitative estimate of drug-likeness (QED) is 0.615. The van der Waals surface area contributed by atoms with Crippen LogP contribution in [0.5, 0.6) is 0 Å². The highest BCUT2D eigenvalue weighted by Gasteiger charge is 2.35. The Balaban J connectivity index is 1.43. The standard InChI is InChI=1S/C24H27N3O3/c1-15(2)12-17-4-6-20(7-5-17)23-25-22(26-30-23)19-10-8-18(9-11-19)16(3)27-13-21(14-27)24(28)29/h4-11,15-16,21H,12-14H2,1-3H3,(H,28,29). The third-order valence-electron chi connectivity index (χ3n) is 5.73. The van der Waals surface area contributed by atoms with Crippen LogP contribution in [0.3, 0.4) is 0 Å². The van der Waals surface area contributed by atoms with Gasteiger partial charge in [-0.15, -0.1) is 0 Å². The van der Waals surface area contributed by atoms with Crippen LogP contribution in [0.25, 0.3) is 22.8 Å². The second-order valence-electron chi connectivity index (χ2n) is 8.51. The van der Waals surface area contributed by atoms with Crippen LogP contribution in [0.15, 0.2) is 53.1 Å². The lowest BCUT2D eigenvalue weighted by Crippen LogP contribution is -2.51. The third-order valence-corrected chi connectivity index (χ3v) is 5.73. The van der Waals surface area contributed by atoms with Gasteiger partial charge in [-0.05, 0) is 42.5 Å². The Hall–Kier alpha value is -2.99. The van der Waals surface area contributed by atoms with Crippen molar-refractivity contribution in [2.75, 3.05) is 13.1 Å². The molecule has 0 spiro atoms. The molecule has 4 rings (SSSR count). The summed E-state index contributed by atoms with van der Waals surface area (Å²) in [6, 6.07) is 16.5. The average Bonchev–Trinajstić information content (AvgIpc) is 3.17. The molecule has 6 nitrogen and oxygen atoms in total. The lowest BCUT2D eigenvalue weighted by Gasteiger charge is -2.41. The van der Waals surface area contributed by atoms with Gasteiger partial charge >= 0.3 is 5.97 Å². The largest absolute Gasteiger partial charge is 0.481 e. The molecule has 3 aromatic rings. The first-order valence-corrected chi connectivity index (χ1v) is 10.4. The van der Waals surface area contributed by atoms with E-state index >= 15 is 0 Å². The van der Waals surface area contributed by atoms with Crippen molar-refractivity contribution in [1.82, 2.24) is 15.0 Å². The molecule has 1 aromatic heterocycles. The number of carbonyl (C=O) groups is 1. The number of benzene rings is 2. The van der Waals surface area contributed by atoms with Crippen LogP contribution in [0.4, 0.5) is 0 Å². The minimum Gasteiger partial charge on any atom is -0.481 e. The number of aliphatic carboxylic acids is 1. The van der Waals surface area contributed by atoms with Gasteiger partial charge < -0.3 is 9.63 Å². The predicted molar refractivity (Wildman–Crippen MR) is 115 cm³/mol. The molecule has 0 radical (unpaired) electrons. The maximum atomic E-state index is 11.0. The van der Waals surface area contributed by atoms with E-state index in [4.69, 9.17) is 9.63 Å². The zero-order chi connectivity index (χ0) is 21.3. The van der Waals surface area contributed by atoms with Crippen LogP contribution >= 0.6 is 0 Å². The molecule has 1 unspecified atom stereocenters. The van der Waals surface area contributed by atoms with Gasteiger partial charge in [0.15, 0.2) is 0 Å². The van der Waals surface area contributed by atoms with Crippen molar-refractivity contribution in [3.8, 4) is 22.8 Å². The van der Waals surface area contributed by atoms with Gasteiger partial charge in [0.1, 0.15) is 0 Å². The number of nitrogens with zero attached hydrogens (tertiary/aromatic N) is 3. The fourth-order valence-electron chi connectivity index (χ4n) is 3.82. The smallest absolute Gasteiger partial charge is 0.309 e. The predicted octanol–water partition coefficient (Wildman–Crippen LogP) is 4.68. The summed E-state index contributed by atoms with van der Waals surface area (Å²) in [7, 11) is 0. The maximum absolute atomic E-state index is 11.0. The van der Waals surface area contributed by atoms with Crippen molar-refractivity contribution in [1.29, 1.82) is 0 Å². The first-order valence-electron chi connectivity index (χ1n) is 10.4. The SMILES string of the molecule is CC(C)Cc1ccc(-c2nc(-c3ccc(C(C)N4CC(C(=O)O)C4)cc3)no2)cc1. The van der Waals surface area contributed by atoms with Crippen LogP contribution in [-0.4, -0.2) is 39.2 Å². The lowest BCUT2D eigenvalue weighted by molar-refractivity contribution is -0.148. The van der Waals surface area contributed by atoms with E-state index in [2.05, 4.69) is 47.9 Å². The highest BCUT2D eigenvalue weighted by molar-refractivity contribution is 5.71. The van der Waals surface area contributed by atoms with Crippen LogP contribution in [-0.2, 0) is 11.2 Å². The van der Waals surface area contributed by atoms with Gasteiger partial charge in [-0.3, -0.25) is 9.69 Å². The minimum absolute atomic E-state index is 0.180. The highest BCUT2D eigenvalue weighted by atomic mass is 16.5. The molecule has 30 heavy (non-hydrogen) atoms. The summed E-state index contributed by atoms with van der Waals surface area (Å²) in [4.78, 5) is 17.7. The first kappa shape index (κ1) is 20.3. The summed E-state index contributed by atoms with van der Waals surface area (Å²) < 4.78 is 5.48. The van der Waals surface area contributed by atoms with Gasteiger partial charge in [-0.2, -0.15) is 4.98 Å². The molecule has 1 saturated heterocycles. The van der Waals surface area contributed by atoms with E-state index in [0.29, 0.717) is 30.7 Å². The average molecular weight is 405 g/mol. The normalized spacial score (nSPS) is 15.9. The van der Waals surface area contributed by atoms with Gasteiger partial charge in [0, 0.05) is 30.3 Å². The lowest BCUT2D eigenvalue weighted by atomic mass is 9.95. The third kappa shape index (κ3) is 4.28. The second-order valence-corrected chi connectivity index (χ2v) is 8.51. The van der Waals surface area contributed by atoms with Crippen molar-refractivity contribution in [2.45, 2.75) is 33.2 Å². The molecular weight excluding hydrogens is 378 g/mol. The van der Waals surface area contributed by atoms with Crippen molar-refractivity contribution in [3.05, 3.63) is 59.7 Å². The number of likely N-dealkylation sites (tertiary alicyclic amines) is 1. The molecule has 1 fully saturated rings. The van der Waals surface area contributed by atoms with E-state index in [1.807, 2.05) is 36.4 Å². The number of aromatic nitrogens is 2. The number of rotatable bonds is 7. The monoisotopic (exact) mass is 405 g/mol. The molecular formula is C24H27N3O3. The van der Waals surface area contributed by atoms with E-state index in [-0.39, 0.29) is 12.0 Å². The summed E-state index contributed by atoms with van der Waals surface area (Å²) in [5.74, 6) is 0.737. The number of hydrogen-bond acceptors (Lipinski definition) is 5. The molecule has 156 valence electrons. The van der Waals surface area contributed by atoms with Gasteiger partial charge in [0.05, 0.1) is 5.92 Å². The number of carboxylic acids is 1. The van der Waals surface area contributed by atoms with Gasteiger partial charge in [-0.1, -0.05) is 55.4 Å². The summed E-state index contributed by atoms with van der Waals surface area (Å²) in [5.41, 5.74) is 4.25. The Labute approximate surface area is 176 Å². The number of carboxylic acid groups (broad SMARTS) is 1. The second kappa shape index (κ2) is 8.40. The zero-order valence-electron chi connectivity index (χ0n) is 17.6. The Morgan fingerprint density at radius 1 is 1.07 bits per heavy atom. The Morgan fingerprint density at radius 3 is 2.30 bits per heavy atom. The van der Waals surface area contributed by atoms with E-state index in [9.17, 15) is 4.79 Å². The molecule has 1 N–H and O–H groups in total. The zero-order valence-corrected chi connectivity index (χ0v) is 17.6. The highest BCUT2D eigenvalue weighted by Crippen LogP contribution is 2.30. The van der Waals surface area contributed by atoms with Crippen LogP contribution in [0.2, 0.25) is 0 Å². The van der Waals surface area contributed by atoms with Crippen LogP contribution in [0, 0.1) is 11.8 Å². The van der Waals surface area contributed by atoms with Gasteiger partial charge in [0.2, 0.25) is 5.82 Å². The molecule has 1 aliphatic rings. The van der Waals surface area contributed by atoms with E-state index in [1.54, 1.807) is 0 Å². The Morgan fingerprint density at radius 2 is 1.70 bits per heavy atom. The molecule has 0 amide bonds. The van der Waals surface area contributed by atoms with Crippen LogP contribution in [0.1, 0.15) is 37.9 Å². The van der Waals surface area contributed by atoms with Gasteiger partial charge in [-0.25, -0.2) is 0 Å². The molecule has 0 saturated carbocycles. The molecule has 1 atom stereocenters. The van der Waals surface area contributed by atoms with E-state index in [0.717, 1.165) is 23.1 Å². The van der Waals surface area contributed by atoms with Gasteiger partial charge in [0.25, 0.3) is 5.89 Å². The van der Waals surface area contributed by atoms with Crippen molar-refractivity contribution in [2.24, 2.45) is 11.8 Å². The van der Waals surface area contributed by atoms with Crippen molar-refractivity contribution in [3.63, 3.8) is 0 Å². The molecule has 2 heterocycles. The fraction of sp³-hybridized carbons (Fsp3) is 0.375. The van der Waals surface area contributed by atoms with E-state index < -0.39 is 5.97 Å². The molecule has 0 aliphatic carbocycles. The summed E-state index contributed by atoms with van der Waals surface area (Å²) in [5, 5.41) is 13.2. The molecule has 1 aliphatic heterocycles. The fourth-order valence-corrected chi connectivity index (χ4v) is 3.82. The first-order chi connectivity index (χ1) is 14.4. The number of hydrogen-bond donors (Lipinski definition) is 1. The van der Waals surface area contributed by atoms with Crippen molar-refractivity contribution >= 4 is 5.97 Å². The van der Waals surface area contributed by atoms with Crippen molar-refractivity contribution < 1.29 is 14.4 Å². The summed E-state index contributed by atoms with van der Waals surface area (Å²) in [6.07, 6.45) is 1.05.